The predicted molar refractivity (Wildman–Crippen MR) is 63.0 cm³/mol. The van der Waals surface area contributed by atoms with Gasteiger partial charge in [0.05, 0.1) is 14.2 Å². The maximum absolute atomic E-state index is 9.14. The second-order valence-electron chi connectivity index (χ2n) is 4.59. The third kappa shape index (κ3) is 2.11. The minimum absolute atomic E-state index is 0.0663. The van der Waals surface area contributed by atoms with Gasteiger partial charge in [-0.05, 0) is 11.5 Å². The number of hydrogen-bond acceptors (Lipinski definition) is 3. The average molecular weight is 219 g/mol. The zero-order valence-electron chi connectivity index (χ0n) is 10.4. The van der Waals surface area contributed by atoms with Crippen LogP contribution in [0, 0.1) is 11.3 Å². The summed E-state index contributed by atoms with van der Waals surface area (Å²) < 4.78 is 10.5. The maximum atomic E-state index is 9.14. The quantitative estimate of drug-likeness (QED) is 0.768. The first-order valence-corrected chi connectivity index (χ1v) is 5.11. The van der Waals surface area contributed by atoms with Crippen LogP contribution in [0.5, 0.6) is 11.5 Å². The van der Waals surface area contributed by atoms with Gasteiger partial charge in [-0.15, -0.1) is 0 Å². The highest BCUT2D eigenvalue weighted by molar-refractivity contribution is 5.58. The third-order valence-electron chi connectivity index (χ3n) is 2.46. The molecule has 0 saturated heterocycles. The normalized spacial score (nSPS) is 10.8. The van der Waals surface area contributed by atoms with Crippen LogP contribution in [0.2, 0.25) is 0 Å². The van der Waals surface area contributed by atoms with Crippen LogP contribution in [0.4, 0.5) is 0 Å². The number of hydrogen-bond donors (Lipinski definition) is 0. The number of rotatable bonds is 2. The summed E-state index contributed by atoms with van der Waals surface area (Å²) in [5, 5.41) is 9.14. The van der Waals surface area contributed by atoms with Crippen molar-refractivity contribution in [2.45, 2.75) is 26.2 Å². The summed E-state index contributed by atoms with van der Waals surface area (Å²) in [5.74, 6) is 1.15. The second kappa shape index (κ2) is 4.44. The summed E-state index contributed by atoms with van der Waals surface area (Å²) in [6, 6.07) is 5.88. The Kier molecular flexibility index (Phi) is 3.44. The minimum atomic E-state index is -0.0663. The number of ether oxygens (including phenoxy) is 2. The molecule has 16 heavy (non-hydrogen) atoms. The van der Waals surface area contributed by atoms with E-state index >= 15 is 0 Å². The molecule has 0 saturated carbocycles. The summed E-state index contributed by atoms with van der Waals surface area (Å²) in [6.45, 7) is 6.25. The molecule has 3 heteroatoms. The van der Waals surface area contributed by atoms with Crippen LogP contribution in [0.15, 0.2) is 12.1 Å². The maximum Gasteiger partial charge on any atom is 0.144 e. The van der Waals surface area contributed by atoms with Crippen LogP contribution < -0.4 is 9.47 Å². The highest BCUT2D eigenvalue weighted by Gasteiger charge is 2.23. The SMILES string of the molecule is COc1ccc(C(C)(C)C)c(OC)c1C#N. The molecule has 0 aliphatic carbocycles. The molecule has 1 rings (SSSR count). The molecular weight excluding hydrogens is 202 g/mol. The molecule has 0 amide bonds. The lowest BCUT2D eigenvalue weighted by Gasteiger charge is -2.23. The smallest absolute Gasteiger partial charge is 0.144 e. The lowest BCUT2D eigenvalue weighted by molar-refractivity contribution is 0.380. The summed E-state index contributed by atoms with van der Waals surface area (Å²) in [6.07, 6.45) is 0. The van der Waals surface area contributed by atoms with E-state index in [-0.39, 0.29) is 5.41 Å². The average Bonchev–Trinajstić information content (AvgIpc) is 2.25. The standard InChI is InChI=1S/C13H17NO2/c1-13(2,3)10-6-7-11(15-4)9(8-14)12(10)16-5/h6-7H,1-5H3. The van der Waals surface area contributed by atoms with Gasteiger partial charge in [0.25, 0.3) is 0 Å². The Balaban J connectivity index is 3.52. The number of benzene rings is 1. The molecule has 0 fully saturated rings. The summed E-state index contributed by atoms with van der Waals surface area (Å²) in [4.78, 5) is 0. The van der Waals surface area contributed by atoms with Crippen LogP contribution in [0.1, 0.15) is 31.9 Å². The summed E-state index contributed by atoms with van der Waals surface area (Å²) >= 11 is 0. The van der Waals surface area contributed by atoms with Gasteiger partial charge in [0.2, 0.25) is 0 Å². The molecule has 0 aliphatic heterocycles. The Labute approximate surface area is 96.6 Å². The van der Waals surface area contributed by atoms with Crippen molar-refractivity contribution >= 4 is 0 Å². The van der Waals surface area contributed by atoms with Crippen LogP contribution in [0.3, 0.4) is 0 Å². The van der Waals surface area contributed by atoms with Crippen LogP contribution >= 0.6 is 0 Å². The Morgan fingerprint density at radius 1 is 1.12 bits per heavy atom. The fourth-order valence-electron chi connectivity index (χ4n) is 1.64. The van der Waals surface area contributed by atoms with E-state index in [1.165, 1.54) is 0 Å². The van der Waals surface area contributed by atoms with Crippen molar-refractivity contribution in [2.75, 3.05) is 14.2 Å². The molecule has 1 aromatic rings. The Bertz CT molecular complexity index is 425. The van der Waals surface area contributed by atoms with Gasteiger partial charge in [0.15, 0.2) is 0 Å². The van der Waals surface area contributed by atoms with Gasteiger partial charge in [0.1, 0.15) is 23.1 Å². The molecule has 86 valence electrons. The van der Waals surface area contributed by atoms with E-state index in [0.717, 1.165) is 5.56 Å². The molecule has 0 unspecified atom stereocenters. The van der Waals surface area contributed by atoms with Gasteiger partial charge in [-0.3, -0.25) is 0 Å². The molecule has 0 heterocycles. The highest BCUT2D eigenvalue weighted by Crippen LogP contribution is 2.37. The van der Waals surface area contributed by atoms with Crippen molar-refractivity contribution in [2.24, 2.45) is 0 Å². The zero-order valence-corrected chi connectivity index (χ0v) is 10.4. The van der Waals surface area contributed by atoms with Gasteiger partial charge < -0.3 is 9.47 Å². The van der Waals surface area contributed by atoms with E-state index in [9.17, 15) is 0 Å². The summed E-state index contributed by atoms with van der Waals surface area (Å²) in [5.41, 5.74) is 1.40. The van der Waals surface area contributed by atoms with Gasteiger partial charge in [-0.2, -0.15) is 5.26 Å². The molecule has 3 nitrogen and oxygen atoms in total. The zero-order chi connectivity index (χ0) is 12.3. The topological polar surface area (TPSA) is 42.2 Å². The largest absolute Gasteiger partial charge is 0.495 e. The fourth-order valence-corrected chi connectivity index (χ4v) is 1.64. The predicted octanol–water partition coefficient (Wildman–Crippen LogP) is 2.87. The molecule has 0 radical (unpaired) electrons. The molecule has 0 N–H and O–H groups in total. The van der Waals surface area contributed by atoms with Gasteiger partial charge in [-0.25, -0.2) is 0 Å². The number of nitriles is 1. The van der Waals surface area contributed by atoms with Crippen molar-refractivity contribution in [3.05, 3.63) is 23.3 Å². The number of methoxy groups -OCH3 is 2. The Morgan fingerprint density at radius 3 is 2.12 bits per heavy atom. The molecule has 1 aromatic carbocycles. The lowest BCUT2D eigenvalue weighted by Crippen LogP contribution is -2.13. The molecule has 0 spiro atoms. The fraction of sp³-hybridized carbons (Fsp3) is 0.462. The molecule has 0 atom stereocenters. The van der Waals surface area contributed by atoms with Crippen LogP contribution in [-0.2, 0) is 5.41 Å². The Hall–Kier alpha value is -1.69. The molecule has 0 aliphatic rings. The summed E-state index contributed by atoms with van der Waals surface area (Å²) in [7, 11) is 3.12. The third-order valence-corrected chi connectivity index (χ3v) is 2.46. The van der Waals surface area contributed by atoms with Crippen molar-refractivity contribution < 1.29 is 9.47 Å². The second-order valence-corrected chi connectivity index (χ2v) is 4.59. The Morgan fingerprint density at radius 2 is 1.75 bits per heavy atom. The lowest BCUT2D eigenvalue weighted by atomic mass is 9.85. The van der Waals surface area contributed by atoms with E-state index in [0.29, 0.717) is 17.1 Å². The molecule has 0 aromatic heterocycles. The van der Waals surface area contributed by atoms with E-state index in [1.54, 1.807) is 14.2 Å². The van der Waals surface area contributed by atoms with Gasteiger partial charge >= 0.3 is 0 Å². The van der Waals surface area contributed by atoms with Crippen molar-refractivity contribution in [1.29, 1.82) is 5.26 Å². The van der Waals surface area contributed by atoms with E-state index in [1.807, 2.05) is 12.1 Å². The first kappa shape index (κ1) is 12.4. The van der Waals surface area contributed by atoms with Crippen molar-refractivity contribution in [3.8, 4) is 17.6 Å². The van der Waals surface area contributed by atoms with E-state index in [4.69, 9.17) is 14.7 Å². The van der Waals surface area contributed by atoms with Crippen LogP contribution in [0.25, 0.3) is 0 Å². The monoisotopic (exact) mass is 219 g/mol. The van der Waals surface area contributed by atoms with Crippen molar-refractivity contribution in [1.82, 2.24) is 0 Å². The molecular formula is C13H17NO2. The first-order valence-electron chi connectivity index (χ1n) is 5.11. The molecule has 0 bridgehead atoms. The van der Waals surface area contributed by atoms with Crippen LogP contribution in [-0.4, -0.2) is 14.2 Å². The first-order chi connectivity index (χ1) is 7.45. The number of nitrogens with zero attached hydrogens (tertiary/aromatic N) is 1. The van der Waals surface area contributed by atoms with E-state index < -0.39 is 0 Å². The minimum Gasteiger partial charge on any atom is -0.495 e. The van der Waals surface area contributed by atoms with Gasteiger partial charge in [-0.1, -0.05) is 26.8 Å². The van der Waals surface area contributed by atoms with Crippen molar-refractivity contribution in [3.63, 3.8) is 0 Å². The van der Waals surface area contributed by atoms with E-state index in [2.05, 4.69) is 26.8 Å². The van der Waals surface area contributed by atoms with Gasteiger partial charge in [0, 0.05) is 5.56 Å². The highest BCUT2D eigenvalue weighted by atomic mass is 16.5.